The van der Waals surface area contributed by atoms with Crippen LogP contribution >= 0.6 is 0 Å². The van der Waals surface area contributed by atoms with Crippen LogP contribution in [0.3, 0.4) is 0 Å². The molecule has 2 heterocycles. The van der Waals surface area contributed by atoms with Crippen molar-refractivity contribution in [3.05, 3.63) is 0 Å². The molecule has 0 aromatic carbocycles. The highest BCUT2D eigenvalue weighted by Gasteiger charge is 2.44. The van der Waals surface area contributed by atoms with E-state index in [-0.39, 0.29) is 17.5 Å². The maximum absolute atomic E-state index is 11.3. The van der Waals surface area contributed by atoms with Gasteiger partial charge in [0.1, 0.15) is 0 Å². The molecular weight excluding hydrogens is 218 g/mol. The molecule has 0 spiro atoms. The Balaban J connectivity index is 2.07. The number of nitrogens with zero attached hydrogens (tertiary/aromatic N) is 1. The molecule has 0 aromatic heterocycles. The number of rotatable bonds is 1. The third-order valence-electron chi connectivity index (χ3n) is 3.24. The summed E-state index contributed by atoms with van der Waals surface area (Å²) < 4.78 is 22.6. The first-order chi connectivity index (χ1) is 6.79. The molecule has 0 aromatic rings. The van der Waals surface area contributed by atoms with Crippen LogP contribution in [0, 0.1) is 0 Å². The summed E-state index contributed by atoms with van der Waals surface area (Å²) in [4.78, 5) is 1.88. The molecule has 0 radical (unpaired) electrons. The normalized spacial score (nSPS) is 46.1. The Labute approximate surface area is 89.6 Å². The van der Waals surface area contributed by atoms with Crippen molar-refractivity contribution in [1.82, 2.24) is 4.90 Å². The zero-order chi connectivity index (χ0) is 11.3. The van der Waals surface area contributed by atoms with Crippen LogP contribution in [0.1, 0.15) is 13.3 Å². The van der Waals surface area contributed by atoms with Gasteiger partial charge in [0, 0.05) is 13.1 Å². The maximum atomic E-state index is 11.3. The lowest BCUT2D eigenvalue weighted by molar-refractivity contribution is 0.0460. The standard InChI is InChI=1S/C9H17NO4S/c1-9(12)2-3-10(6-9)7-4-15(13,14)5-8(7)11/h7-8,11-12H,2-6H2,1H3. The summed E-state index contributed by atoms with van der Waals surface area (Å²) in [5, 5.41) is 19.4. The van der Waals surface area contributed by atoms with Gasteiger partial charge in [-0.1, -0.05) is 0 Å². The van der Waals surface area contributed by atoms with E-state index in [2.05, 4.69) is 0 Å². The molecule has 5 nitrogen and oxygen atoms in total. The van der Waals surface area contributed by atoms with E-state index < -0.39 is 21.5 Å². The van der Waals surface area contributed by atoms with Gasteiger partial charge in [0.15, 0.2) is 9.84 Å². The van der Waals surface area contributed by atoms with Gasteiger partial charge in [0.05, 0.1) is 29.3 Å². The Morgan fingerprint density at radius 2 is 2.07 bits per heavy atom. The minimum atomic E-state index is -3.09. The molecule has 6 heteroatoms. The van der Waals surface area contributed by atoms with Gasteiger partial charge in [-0.05, 0) is 13.3 Å². The second kappa shape index (κ2) is 3.41. The predicted molar refractivity (Wildman–Crippen MR) is 55.3 cm³/mol. The van der Waals surface area contributed by atoms with Crippen molar-refractivity contribution in [2.75, 3.05) is 24.6 Å². The second-order valence-corrected chi connectivity index (χ2v) is 7.08. The number of β-amino-alcohol motifs (C(OH)–C–C–N with tert-alkyl or cyclic N) is 1. The van der Waals surface area contributed by atoms with Crippen molar-refractivity contribution in [2.24, 2.45) is 0 Å². The van der Waals surface area contributed by atoms with E-state index in [1.807, 2.05) is 4.90 Å². The second-order valence-electron chi connectivity index (χ2n) is 4.93. The quantitative estimate of drug-likeness (QED) is 0.584. The van der Waals surface area contributed by atoms with Crippen LogP contribution < -0.4 is 0 Å². The van der Waals surface area contributed by atoms with Gasteiger partial charge in [0.25, 0.3) is 0 Å². The summed E-state index contributed by atoms with van der Waals surface area (Å²) >= 11 is 0. The fourth-order valence-corrected chi connectivity index (χ4v) is 4.25. The number of hydrogen-bond donors (Lipinski definition) is 2. The summed E-state index contributed by atoms with van der Waals surface area (Å²) in [6.45, 7) is 2.84. The van der Waals surface area contributed by atoms with Gasteiger partial charge in [-0.2, -0.15) is 0 Å². The molecule has 2 saturated heterocycles. The van der Waals surface area contributed by atoms with Gasteiger partial charge in [-0.15, -0.1) is 0 Å². The Bertz CT molecular complexity index is 351. The molecule has 0 amide bonds. The number of hydrogen-bond acceptors (Lipinski definition) is 5. The van der Waals surface area contributed by atoms with Gasteiger partial charge in [0.2, 0.25) is 0 Å². The minimum Gasteiger partial charge on any atom is -0.390 e. The number of likely N-dealkylation sites (tertiary alicyclic amines) is 1. The molecule has 2 fully saturated rings. The summed E-state index contributed by atoms with van der Waals surface area (Å²) in [5.41, 5.74) is -0.744. The van der Waals surface area contributed by atoms with Crippen molar-refractivity contribution >= 4 is 9.84 Å². The van der Waals surface area contributed by atoms with Crippen molar-refractivity contribution in [3.8, 4) is 0 Å². The van der Waals surface area contributed by atoms with Gasteiger partial charge >= 0.3 is 0 Å². The summed E-state index contributed by atoms with van der Waals surface area (Å²) in [6, 6.07) is -0.330. The third kappa shape index (κ3) is 2.33. The first-order valence-corrected chi connectivity index (χ1v) is 6.96. The van der Waals surface area contributed by atoms with Gasteiger partial charge < -0.3 is 10.2 Å². The molecule has 3 atom stereocenters. The molecule has 2 rings (SSSR count). The summed E-state index contributed by atoms with van der Waals surface area (Å²) in [6.07, 6.45) is -0.167. The average molecular weight is 235 g/mol. The first kappa shape index (κ1) is 11.3. The van der Waals surface area contributed by atoms with Crippen LogP contribution in [0.15, 0.2) is 0 Å². The molecule has 3 unspecified atom stereocenters. The van der Waals surface area contributed by atoms with Crippen molar-refractivity contribution in [3.63, 3.8) is 0 Å². The van der Waals surface area contributed by atoms with Crippen LogP contribution in [0.4, 0.5) is 0 Å². The van der Waals surface area contributed by atoms with E-state index >= 15 is 0 Å². The van der Waals surface area contributed by atoms with Crippen molar-refractivity contribution in [2.45, 2.75) is 31.1 Å². The highest BCUT2D eigenvalue weighted by atomic mass is 32.2. The van der Waals surface area contributed by atoms with E-state index in [1.165, 1.54) is 0 Å². The van der Waals surface area contributed by atoms with Crippen LogP contribution in [0.2, 0.25) is 0 Å². The lowest BCUT2D eigenvalue weighted by Crippen LogP contribution is -2.43. The molecule has 0 bridgehead atoms. The molecule has 2 aliphatic rings. The number of aliphatic hydroxyl groups excluding tert-OH is 1. The molecule has 2 N–H and O–H groups in total. The molecule has 0 aliphatic carbocycles. The molecular formula is C9H17NO4S. The lowest BCUT2D eigenvalue weighted by atomic mass is 10.1. The Kier molecular flexibility index (Phi) is 2.57. The summed E-state index contributed by atoms with van der Waals surface area (Å²) in [7, 11) is -3.09. The van der Waals surface area contributed by atoms with Gasteiger partial charge in [-0.25, -0.2) is 8.42 Å². The maximum Gasteiger partial charge on any atom is 0.154 e. The molecule has 2 aliphatic heterocycles. The van der Waals surface area contributed by atoms with Crippen LogP contribution in [-0.4, -0.2) is 65.9 Å². The predicted octanol–water partition coefficient (Wildman–Crippen LogP) is -1.40. The van der Waals surface area contributed by atoms with Crippen LogP contribution in [-0.2, 0) is 9.84 Å². The van der Waals surface area contributed by atoms with E-state index in [4.69, 9.17) is 0 Å². The topological polar surface area (TPSA) is 77.8 Å². The smallest absolute Gasteiger partial charge is 0.154 e. The van der Waals surface area contributed by atoms with E-state index in [9.17, 15) is 18.6 Å². The van der Waals surface area contributed by atoms with Crippen LogP contribution in [0.25, 0.3) is 0 Å². The van der Waals surface area contributed by atoms with E-state index in [0.717, 1.165) is 0 Å². The lowest BCUT2D eigenvalue weighted by Gasteiger charge is -2.26. The minimum absolute atomic E-state index is 0.0181. The van der Waals surface area contributed by atoms with Gasteiger partial charge in [-0.3, -0.25) is 4.90 Å². The van der Waals surface area contributed by atoms with Crippen molar-refractivity contribution < 1.29 is 18.6 Å². The van der Waals surface area contributed by atoms with E-state index in [1.54, 1.807) is 6.92 Å². The highest BCUT2D eigenvalue weighted by molar-refractivity contribution is 7.91. The third-order valence-corrected chi connectivity index (χ3v) is 4.94. The molecule has 0 saturated carbocycles. The average Bonchev–Trinajstić information content (AvgIpc) is 2.51. The molecule has 15 heavy (non-hydrogen) atoms. The monoisotopic (exact) mass is 235 g/mol. The molecule has 88 valence electrons. The Hall–Kier alpha value is -0.170. The summed E-state index contributed by atoms with van der Waals surface area (Å²) in [5.74, 6) is -0.124. The van der Waals surface area contributed by atoms with Crippen LogP contribution in [0.5, 0.6) is 0 Å². The highest BCUT2D eigenvalue weighted by Crippen LogP contribution is 2.27. The SMILES string of the molecule is CC1(O)CCN(C2CS(=O)(=O)CC2O)C1. The number of sulfone groups is 1. The fraction of sp³-hybridized carbons (Fsp3) is 1.00. The zero-order valence-electron chi connectivity index (χ0n) is 8.76. The van der Waals surface area contributed by atoms with E-state index in [0.29, 0.717) is 19.5 Å². The van der Waals surface area contributed by atoms with Crippen molar-refractivity contribution in [1.29, 1.82) is 0 Å². The number of aliphatic hydroxyl groups is 2. The Morgan fingerprint density at radius 3 is 2.47 bits per heavy atom. The zero-order valence-corrected chi connectivity index (χ0v) is 9.57. The fourth-order valence-electron chi connectivity index (χ4n) is 2.42. The largest absolute Gasteiger partial charge is 0.390 e. The first-order valence-electron chi connectivity index (χ1n) is 5.14. The Morgan fingerprint density at radius 1 is 1.40 bits per heavy atom.